The third-order valence-electron chi connectivity index (χ3n) is 2.94. The Bertz CT molecular complexity index is 699. The molecule has 122 valence electrons. The summed E-state index contributed by atoms with van der Waals surface area (Å²) in [7, 11) is 0. The fourth-order valence-electron chi connectivity index (χ4n) is 2.11. The van der Waals surface area contributed by atoms with Crippen LogP contribution in [0, 0.1) is 5.92 Å². The Labute approximate surface area is 130 Å². The highest BCUT2D eigenvalue weighted by atomic mass is 79.9. The molecule has 0 bridgehead atoms. The number of nitrogens with zero attached hydrogens (tertiary/aromatic N) is 2. The van der Waals surface area contributed by atoms with Crippen molar-refractivity contribution < 1.29 is 26.3 Å². The first kappa shape index (κ1) is 17.1. The summed E-state index contributed by atoms with van der Waals surface area (Å²) in [4.78, 5) is 3.48. The van der Waals surface area contributed by atoms with E-state index < -0.39 is 23.7 Å². The third kappa shape index (κ3) is 3.23. The van der Waals surface area contributed by atoms with Crippen LogP contribution in [0.3, 0.4) is 0 Å². The van der Waals surface area contributed by atoms with E-state index >= 15 is 0 Å². The molecule has 0 radical (unpaired) electrons. The molecule has 0 saturated carbocycles. The van der Waals surface area contributed by atoms with E-state index in [1.54, 1.807) is 13.8 Å². The van der Waals surface area contributed by atoms with Crippen molar-refractivity contribution >= 4 is 27.0 Å². The fourth-order valence-corrected chi connectivity index (χ4v) is 2.65. The number of rotatable bonds is 2. The number of alkyl halides is 6. The first-order valence-electron chi connectivity index (χ1n) is 6.25. The Morgan fingerprint density at radius 3 is 2.14 bits per heavy atom. The molecule has 1 heterocycles. The number of benzene rings is 1. The molecule has 0 atom stereocenters. The maximum atomic E-state index is 13.1. The number of fused-ring (bicyclic) bond motifs is 1. The lowest BCUT2D eigenvalue weighted by molar-refractivity contribution is -0.147. The van der Waals surface area contributed by atoms with Gasteiger partial charge in [-0.15, -0.1) is 0 Å². The SMILES string of the molecule is CC(C)Cn1c(C(F)(F)F)nc2c(Br)cc(C(F)(F)F)cc21. The minimum Gasteiger partial charge on any atom is -0.320 e. The predicted octanol–water partition coefficient (Wildman–Crippen LogP) is 5.49. The molecule has 0 spiro atoms. The van der Waals surface area contributed by atoms with E-state index in [1.165, 1.54) is 0 Å². The molecule has 2 aromatic rings. The summed E-state index contributed by atoms with van der Waals surface area (Å²) in [6, 6.07) is 1.43. The minimum absolute atomic E-state index is 0.0842. The van der Waals surface area contributed by atoms with Gasteiger partial charge in [0.15, 0.2) is 0 Å². The van der Waals surface area contributed by atoms with Crippen LogP contribution in [-0.4, -0.2) is 9.55 Å². The molecular formula is C13H11BrF6N2. The van der Waals surface area contributed by atoms with E-state index in [2.05, 4.69) is 20.9 Å². The molecule has 0 aliphatic rings. The normalized spacial score (nSPS) is 13.4. The topological polar surface area (TPSA) is 17.8 Å². The summed E-state index contributed by atoms with van der Waals surface area (Å²) >= 11 is 2.88. The van der Waals surface area contributed by atoms with E-state index in [4.69, 9.17) is 0 Å². The van der Waals surface area contributed by atoms with Gasteiger partial charge in [0.25, 0.3) is 0 Å². The fraction of sp³-hybridized carbons (Fsp3) is 0.462. The molecule has 0 saturated heterocycles. The lowest BCUT2D eigenvalue weighted by atomic mass is 10.1. The summed E-state index contributed by atoms with van der Waals surface area (Å²) in [5.41, 5.74) is -1.35. The van der Waals surface area contributed by atoms with Crippen molar-refractivity contribution in [1.29, 1.82) is 0 Å². The van der Waals surface area contributed by atoms with Gasteiger partial charge in [0.2, 0.25) is 5.82 Å². The zero-order chi connectivity index (χ0) is 16.9. The minimum atomic E-state index is -4.74. The number of imidazole rings is 1. The first-order valence-corrected chi connectivity index (χ1v) is 7.04. The van der Waals surface area contributed by atoms with Gasteiger partial charge in [-0.3, -0.25) is 0 Å². The summed E-state index contributed by atoms with van der Waals surface area (Å²) in [5.74, 6) is -1.39. The Balaban J connectivity index is 2.81. The molecular weight excluding hydrogens is 378 g/mol. The summed E-state index contributed by atoms with van der Waals surface area (Å²) in [5, 5.41) is 0. The van der Waals surface area contributed by atoms with Gasteiger partial charge in [-0.2, -0.15) is 26.3 Å². The van der Waals surface area contributed by atoms with Crippen molar-refractivity contribution in [3.63, 3.8) is 0 Å². The van der Waals surface area contributed by atoms with Crippen molar-refractivity contribution in [1.82, 2.24) is 9.55 Å². The van der Waals surface area contributed by atoms with E-state index in [1.807, 2.05) is 0 Å². The molecule has 0 unspecified atom stereocenters. The first-order chi connectivity index (χ1) is 9.91. The maximum absolute atomic E-state index is 13.1. The van der Waals surface area contributed by atoms with Crippen molar-refractivity contribution in [2.45, 2.75) is 32.7 Å². The zero-order valence-electron chi connectivity index (χ0n) is 11.5. The molecule has 0 fully saturated rings. The van der Waals surface area contributed by atoms with Gasteiger partial charge in [-0.25, -0.2) is 4.98 Å². The number of hydrogen-bond acceptors (Lipinski definition) is 1. The highest BCUT2D eigenvalue weighted by Crippen LogP contribution is 2.38. The second kappa shape index (κ2) is 5.43. The Kier molecular flexibility index (Phi) is 4.23. The van der Waals surface area contributed by atoms with E-state index in [9.17, 15) is 26.3 Å². The molecule has 1 aromatic heterocycles. The van der Waals surface area contributed by atoms with Crippen LogP contribution >= 0.6 is 15.9 Å². The van der Waals surface area contributed by atoms with Gasteiger partial charge in [-0.1, -0.05) is 13.8 Å². The van der Waals surface area contributed by atoms with Crippen molar-refractivity contribution in [3.8, 4) is 0 Å². The number of hydrogen-bond donors (Lipinski definition) is 0. The van der Waals surface area contributed by atoms with Gasteiger partial charge in [0.05, 0.1) is 11.1 Å². The quantitative estimate of drug-likeness (QED) is 0.621. The van der Waals surface area contributed by atoms with Gasteiger partial charge < -0.3 is 4.57 Å². The highest BCUT2D eigenvalue weighted by molar-refractivity contribution is 9.10. The van der Waals surface area contributed by atoms with Crippen LogP contribution in [0.1, 0.15) is 25.2 Å². The van der Waals surface area contributed by atoms with Crippen LogP contribution < -0.4 is 0 Å². The Hall–Kier alpha value is -1.25. The average Bonchev–Trinajstić information content (AvgIpc) is 2.66. The van der Waals surface area contributed by atoms with Crippen molar-refractivity contribution in [2.24, 2.45) is 5.92 Å². The summed E-state index contributed by atoms with van der Waals surface area (Å²) < 4.78 is 78.5. The number of halogens is 7. The second-order valence-electron chi connectivity index (χ2n) is 5.26. The maximum Gasteiger partial charge on any atom is 0.449 e. The number of aromatic nitrogens is 2. The monoisotopic (exact) mass is 388 g/mol. The van der Waals surface area contributed by atoms with E-state index in [0.717, 1.165) is 10.6 Å². The average molecular weight is 389 g/mol. The molecule has 0 N–H and O–H groups in total. The Morgan fingerprint density at radius 2 is 1.68 bits per heavy atom. The van der Waals surface area contributed by atoms with Gasteiger partial charge in [0, 0.05) is 11.0 Å². The smallest absolute Gasteiger partial charge is 0.320 e. The van der Waals surface area contributed by atoms with Crippen molar-refractivity contribution in [2.75, 3.05) is 0 Å². The zero-order valence-corrected chi connectivity index (χ0v) is 13.1. The largest absolute Gasteiger partial charge is 0.449 e. The second-order valence-corrected chi connectivity index (χ2v) is 6.12. The molecule has 0 aliphatic carbocycles. The van der Waals surface area contributed by atoms with E-state index in [-0.39, 0.29) is 28.0 Å². The molecule has 0 amide bonds. The molecule has 9 heteroatoms. The standard InChI is InChI=1S/C13H11BrF6N2/c1-6(2)5-22-9-4-7(12(15,16)17)3-8(14)10(9)21-11(22)13(18,19)20/h3-4,6H,5H2,1-2H3. The highest BCUT2D eigenvalue weighted by Gasteiger charge is 2.39. The van der Waals surface area contributed by atoms with Gasteiger partial charge in [-0.05, 0) is 34.0 Å². The van der Waals surface area contributed by atoms with Crippen molar-refractivity contribution in [3.05, 3.63) is 28.0 Å². The van der Waals surface area contributed by atoms with Crippen LogP contribution in [0.2, 0.25) is 0 Å². The predicted molar refractivity (Wildman–Crippen MR) is 72.3 cm³/mol. The summed E-state index contributed by atoms with van der Waals surface area (Å²) in [6.07, 6.45) is -9.40. The molecule has 0 aliphatic heterocycles. The van der Waals surface area contributed by atoms with Crippen LogP contribution in [-0.2, 0) is 18.9 Å². The van der Waals surface area contributed by atoms with Crippen LogP contribution in [0.4, 0.5) is 26.3 Å². The molecule has 22 heavy (non-hydrogen) atoms. The van der Waals surface area contributed by atoms with Crippen LogP contribution in [0.15, 0.2) is 16.6 Å². The van der Waals surface area contributed by atoms with Gasteiger partial charge in [0.1, 0.15) is 5.52 Å². The molecule has 2 rings (SSSR count). The van der Waals surface area contributed by atoms with Crippen LogP contribution in [0.5, 0.6) is 0 Å². The van der Waals surface area contributed by atoms with E-state index in [0.29, 0.717) is 6.07 Å². The Morgan fingerprint density at radius 1 is 1.09 bits per heavy atom. The summed E-state index contributed by atoms with van der Waals surface area (Å²) in [6.45, 7) is 3.27. The molecule has 1 aromatic carbocycles. The lowest BCUT2D eigenvalue weighted by Gasteiger charge is -2.14. The third-order valence-corrected chi connectivity index (χ3v) is 3.54. The lowest BCUT2D eigenvalue weighted by Crippen LogP contribution is -2.17. The van der Waals surface area contributed by atoms with Crippen LogP contribution in [0.25, 0.3) is 11.0 Å². The van der Waals surface area contributed by atoms with Gasteiger partial charge >= 0.3 is 12.4 Å². The molecule has 2 nitrogen and oxygen atoms in total.